The average Bonchev–Trinajstić information content (AvgIpc) is 2.35. The summed E-state index contributed by atoms with van der Waals surface area (Å²) in [6, 6.07) is 16.7. The van der Waals surface area contributed by atoms with Gasteiger partial charge in [0.15, 0.2) is 5.82 Å². The van der Waals surface area contributed by atoms with Gasteiger partial charge in [-0.1, -0.05) is 111 Å². The number of thiophene rings is 1. The molecule has 7 N–H and O–H groups in total. The molecule has 3 aliphatic rings. The molecule has 0 bridgehead atoms. The van der Waals surface area contributed by atoms with Gasteiger partial charge in [0.25, 0.3) is 0 Å². The van der Waals surface area contributed by atoms with Crippen molar-refractivity contribution in [3.63, 3.8) is 0 Å². The third-order valence-corrected chi connectivity index (χ3v) is 16.2. The molecule has 5 aromatic rings. The predicted octanol–water partition coefficient (Wildman–Crippen LogP) is 4.79. The number of carbonyl (C=O) groups excluding carboxylic acids is 7. The van der Waals surface area contributed by atoms with Crippen LogP contribution in [-0.4, -0.2) is 148 Å². The number of aromatic nitrogens is 3. The van der Waals surface area contributed by atoms with Crippen molar-refractivity contribution in [3.8, 4) is 16.1 Å². The highest BCUT2D eigenvalue weighted by atomic mass is 35.5. The summed E-state index contributed by atoms with van der Waals surface area (Å²) in [7, 11) is 0. The fraction of sp³-hybridized carbons (Fsp3) is 0.448. The zero-order valence-corrected chi connectivity index (χ0v) is 48.7. The molecule has 0 saturated carbocycles. The molecule has 0 aliphatic carbocycles. The number of aliphatic hydroxyl groups is 1. The van der Waals surface area contributed by atoms with E-state index in [1.54, 1.807) is 44.2 Å². The molecule has 3 aliphatic heterocycles. The Balaban J connectivity index is 1.10. The first-order valence-corrected chi connectivity index (χ1v) is 28.7. The molecular weight excluding hydrogens is 1100 g/mol. The third kappa shape index (κ3) is 15.2. The first kappa shape index (κ1) is 61.1. The number of amides is 7. The topological polar surface area (TPSA) is 316 Å². The number of hydrogen-bond acceptors (Lipinski definition) is 14. The molecule has 2 aromatic heterocycles. The number of carbonyl (C=O) groups is 7. The van der Waals surface area contributed by atoms with Gasteiger partial charge in [-0.15, -0.1) is 21.5 Å². The summed E-state index contributed by atoms with van der Waals surface area (Å²) in [5.74, 6) is -4.00. The largest absolute Gasteiger partial charge is 0.391 e. The third-order valence-electron chi connectivity index (χ3n) is 14.8. The summed E-state index contributed by atoms with van der Waals surface area (Å²) >= 11 is 7.87. The normalized spacial score (nSPS) is 22.1. The number of aliphatic hydroxyl groups excluding tert-OH is 1. The van der Waals surface area contributed by atoms with Gasteiger partial charge >= 0.3 is 0 Å². The second-order valence-corrected chi connectivity index (χ2v) is 23.6. The second kappa shape index (κ2) is 27.4. The Morgan fingerprint density at radius 1 is 0.855 bits per heavy atom. The number of unbranched alkanes of at least 4 members (excludes halogenated alkanes) is 1. The van der Waals surface area contributed by atoms with Gasteiger partial charge in [0.2, 0.25) is 41.4 Å². The minimum absolute atomic E-state index is 0.0218. The van der Waals surface area contributed by atoms with Crippen LogP contribution in [0.15, 0.2) is 89.0 Å². The van der Waals surface area contributed by atoms with Crippen LogP contribution in [-0.2, 0) is 44.7 Å². The van der Waals surface area contributed by atoms with Crippen LogP contribution in [0.3, 0.4) is 0 Å². The van der Waals surface area contributed by atoms with Crippen LogP contribution in [0.4, 0.5) is 0 Å². The summed E-state index contributed by atoms with van der Waals surface area (Å²) in [5, 5.41) is 41.4. The molecule has 83 heavy (non-hydrogen) atoms. The van der Waals surface area contributed by atoms with E-state index in [-0.39, 0.29) is 58.3 Å². The lowest BCUT2D eigenvalue weighted by molar-refractivity contribution is -0.145. The van der Waals surface area contributed by atoms with Crippen LogP contribution >= 0.6 is 22.9 Å². The van der Waals surface area contributed by atoms with Gasteiger partial charge in [-0.3, -0.25) is 43.1 Å². The Hall–Kier alpha value is -8.02. The fourth-order valence-corrected chi connectivity index (χ4v) is 11.6. The van der Waals surface area contributed by atoms with Crippen molar-refractivity contribution in [3.05, 3.63) is 133 Å². The molecule has 0 spiro atoms. The SMILES string of the molecule is Cc1sc2c(c1C)C(c1ccc(Cl)cc1)=N[C@@H](CC(=O)NC[C@H]1NC(=O)[C@@H](CCCCN=[N+]=[N-])NC(=O)[C@@H](Cc3ccc(-c4ccccc4)cc3)NC(=O)[C@@H]3C[C@@H](O)CN3C(=O)[C@H](C(C)(C)C)NC(=O)COCCNC1=O)c1nnc(C)n1-2. The Morgan fingerprint density at radius 3 is 2.24 bits per heavy atom. The number of aryl methyl sites for hydroxylation is 2. The number of benzene rings is 3. The molecule has 0 radical (unpaired) electrons. The number of fused-ring (bicyclic) bond motifs is 4. The van der Waals surface area contributed by atoms with Crippen molar-refractivity contribution in [2.24, 2.45) is 15.5 Å². The van der Waals surface area contributed by atoms with Gasteiger partial charge in [0.05, 0.1) is 24.8 Å². The quantitative estimate of drug-likeness (QED) is 0.0364. The number of azide groups is 1. The Bertz CT molecular complexity index is 3280. The number of aliphatic imine (C=N–C) groups is 1. The lowest BCUT2D eigenvalue weighted by Gasteiger charge is -2.35. The zero-order chi connectivity index (χ0) is 59.5. The lowest BCUT2D eigenvalue weighted by atomic mass is 9.85. The summed E-state index contributed by atoms with van der Waals surface area (Å²) in [6.07, 6.45) is -1.07. The smallest absolute Gasteiger partial charge is 0.246 e. The Morgan fingerprint density at radius 2 is 1.53 bits per heavy atom. The second-order valence-electron chi connectivity index (χ2n) is 21.9. The van der Waals surface area contributed by atoms with E-state index < -0.39 is 102 Å². The van der Waals surface area contributed by atoms with E-state index in [4.69, 9.17) is 26.9 Å². The molecule has 2 saturated heterocycles. The van der Waals surface area contributed by atoms with Crippen LogP contribution in [0.25, 0.3) is 26.6 Å². The van der Waals surface area contributed by atoms with E-state index in [0.717, 1.165) is 37.7 Å². The molecule has 7 atom stereocenters. The van der Waals surface area contributed by atoms with Crippen molar-refractivity contribution in [1.82, 2.24) is 51.6 Å². The van der Waals surface area contributed by atoms with Crippen molar-refractivity contribution in [2.75, 3.05) is 39.4 Å². The van der Waals surface area contributed by atoms with Crippen molar-refractivity contribution in [2.45, 2.75) is 122 Å². The van der Waals surface area contributed by atoms with Crippen molar-refractivity contribution < 1.29 is 43.4 Å². The van der Waals surface area contributed by atoms with Crippen LogP contribution in [0.5, 0.6) is 0 Å². The van der Waals surface area contributed by atoms with Gasteiger partial charge in [-0.25, -0.2) is 0 Å². The Kier molecular flexibility index (Phi) is 20.1. The summed E-state index contributed by atoms with van der Waals surface area (Å²) < 4.78 is 7.53. The van der Waals surface area contributed by atoms with Crippen molar-refractivity contribution in [1.29, 1.82) is 0 Å². The van der Waals surface area contributed by atoms with Crippen LogP contribution in [0.1, 0.15) is 97.7 Å². The van der Waals surface area contributed by atoms with E-state index in [9.17, 15) is 38.7 Å². The summed E-state index contributed by atoms with van der Waals surface area (Å²) in [4.78, 5) is 111. The highest BCUT2D eigenvalue weighted by molar-refractivity contribution is 7.15. The fourth-order valence-electron chi connectivity index (χ4n) is 10.2. The van der Waals surface area contributed by atoms with Gasteiger partial charge in [0, 0.05) is 65.0 Å². The van der Waals surface area contributed by atoms with E-state index >= 15 is 0 Å². The maximum absolute atomic E-state index is 14.9. The maximum atomic E-state index is 14.9. The molecule has 3 aromatic carbocycles. The minimum atomic E-state index is -1.46. The first-order valence-electron chi connectivity index (χ1n) is 27.5. The molecule has 5 heterocycles. The van der Waals surface area contributed by atoms with Crippen LogP contribution in [0, 0.1) is 26.2 Å². The molecular formula is C58H69ClN14O9S. The number of ether oxygens (including phenoxy) is 1. The van der Waals surface area contributed by atoms with Crippen LogP contribution < -0.4 is 31.9 Å². The van der Waals surface area contributed by atoms with Gasteiger partial charge in [-0.05, 0) is 78.9 Å². The predicted molar refractivity (Wildman–Crippen MR) is 311 cm³/mol. The maximum Gasteiger partial charge on any atom is 0.246 e. The first-order chi connectivity index (χ1) is 39.7. The number of nitrogens with zero attached hydrogens (tertiary/aromatic N) is 8. The highest BCUT2D eigenvalue weighted by Crippen LogP contribution is 2.40. The number of hydrogen-bond donors (Lipinski definition) is 7. The summed E-state index contributed by atoms with van der Waals surface area (Å²) in [6.45, 7) is 9.58. The highest BCUT2D eigenvalue weighted by Gasteiger charge is 2.45. The molecule has 25 heteroatoms. The van der Waals surface area contributed by atoms with E-state index in [1.165, 1.54) is 4.90 Å². The lowest BCUT2D eigenvalue weighted by Crippen LogP contribution is -2.61. The molecule has 23 nitrogen and oxygen atoms in total. The molecule has 2 fully saturated rings. The average molecular weight is 1170 g/mol. The molecule has 0 unspecified atom stereocenters. The monoisotopic (exact) mass is 1170 g/mol. The standard InChI is InChI=1S/C58H69ClN14O9S/c1-32-33(2)83-57-48(32)49(38-19-21-39(59)22-20-38)64-42(51-70-69-34(3)73(51)57)28-46(75)62-29-44-52(77)61-24-25-82-31-47(76)68-50(58(4,5)6)56(81)72-30-40(74)27-45(72)55(80)66-43(26-35-15-17-37(18-16-35)36-12-8-7-9-13-36)54(79)65-41(53(78)67-44)14-10-11-23-63-71-60/h7-9,12-13,15-22,40-45,50,74H,10-11,14,23-31H2,1-6H3,(H,61,77)(H,62,75)(H,65,79)(H,66,80)(H,67,78)(H,68,76)/t40-,41-,42+,43-,44-,45+,50-/m1/s1. The number of nitrogens with one attached hydrogen (secondary N) is 6. The number of rotatable bonds is 13. The van der Waals surface area contributed by atoms with Gasteiger partial charge in [-0.2, -0.15) is 0 Å². The molecule has 7 amide bonds. The molecule has 438 valence electrons. The zero-order valence-electron chi connectivity index (χ0n) is 47.1. The van der Waals surface area contributed by atoms with Crippen molar-refractivity contribution >= 4 is 70.0 Å². The van der Waals surface area contributed by atoms with Crippen LogP contribution in [0.2, 0.25) is 5.02 Å². The Labute approximate surface area is 489 Å². The summed E-state index contributed by atoms with van der Waals surface area (Å²) in [5.41, 5.74) is 13.8. The number of halogens is 1. The van der Waals surface area contributed by atoms with Gasteiger partial charge in [0.1, 0.15) is 53.7 Å². The van der Waals surface area contributed by atoms with E-state index in [1.807, 2.05) is 92.1 Å². The van der Waals surface area contributed by atoms with Gasteiger partial charge < -0.3 is 46.6 Å². The molecule has 8 rings (SSSR count). The van der Waals surface area contributed by atoms with E-state index in [0.29, 0.717) is 34.4 Å². The van der Waals surface area contributed by atoms with E-state index in [2.05, 4.69) is 52.1 Å². The minimum Gasteiger partial charge on any atom is -0.391 e.